The highest BCUT2D eigenvalue weighted by Crippen LogP contribution is 2.14. The Morgan fingerprint density at radius 3 is 1.91 bits per heavy atom. The largest absolute Gasteiger partial charge is 0.352 e. The summed E-state index contributed by atoms with van der Waals surface area (Å²) in [4.78, 5) is 5.44. The summed E-state index contributed by atoms with van der Waals surface area (Å²) >= 11 is 1.73. The van der Waals surface area contributed by atoms with Crippen LogP contribution in [-0.4, -0.2) is 19.3 Å². The zero-order chi connectivity index (χ0) is 15.8. The van der Waals surface area contributed by atoms with Crippen LogP contribution in [0.4, 0.5) is 4.39 Å². The minimum atomic E-state index is -0.222. The van der Waals surface area contributed by atoms with Crippen LogP contribution in [0.2, 0.25) is 0 Å². The molecule has 22 heavy (non-hydrogen) atoms. The van der Waals surface area contributed by atoms with Gasteiger partial charge >= 0.3 is 0 Å². The van der Waals surface area contributed by atoms with Crippen molar-refractivity contribution in [2.45, 2.75) is 18.0 Å². The lowest BCUT2D eigenvalue weighted by Crippen LogP contribution is -2.36. The van der Waals surface area contributed by atoms with Crippen LogP contribution < -0.4 is 10.6 Å². The first kappa shape index (κ1) is 16.4. The van der Waals surface area contributed by atoms with Gasteiger partial charge in [-0.25, -0.2) is 4.39 Å². The normalized spacial score (nSPS) is 11.3. The Bertz CT molecular complexity index is 609. The predicted molar refractivity (Wildman–Crippen MR) is 91.7 cm³/mol. The molecule has 116 valence electrons. The fourth-order valence-electron chi connectivity index (χ4n) is 1.94. The molecule has 2 aromatic carbocycles. The number of nitrogens with zero attached hydrogens (tertiary/aromatic N) is 1. The molecule has 0 spiro atoms. The number of nitrogens with one attached hydrogen (secondary N) is 2. The van der Waals surface area contributed by atoms with Crippen molar-refractivity contribution in [3.63, 3.8) is 0 Å². The first-order chi connectivity index (χ1) is 10.7. The first-order valence-corrected chi connectivity index (χ1v) is 8.25. The van der Waals surface area contributed by atoms with E-state index in [4.69, 9.17) is 0 Å². The van der Waals surface area contributed by atoms with E-state index in [0.29, 0.717) is 13.1 Å². The van der Waals surface area contributed by atoms with E-state index in [1.54, 1.807) is 30.9 Å². The van der Waals surface area contributed by atoms with E-state index < -0.39 is 0 Å². The number of guanidine groups is 1. The van der Waals surface area contributed by atoms with Crippen molar-refractivity contribution < 1.29 is 4.39 Å². The van der Waals surface area contributed by atoms with Gasteiger partial charge in [0, 0.05) is 25.0 Å². The zero-order valence-electron chi connectivity index (χ0n) is 12.8. The van der Waals surface area contributed by atoms with Gasteiger partial charge in [0.1, 0.15) is 5.82 Å². The molecule has 0 radical (unpaired) electrons. The van der Waals surface area contributed by atoms with E-state index in [1.165, 1.54) is 22.6 Å². The molecule has 2 rings (SSSR count). The number of halogens is 1. The van der Waals surface area contributed by atoms with Crippen molar-refractivity contribution in [3.8, 4) is 0 Å². The van der Waals surface area contributed by atoms with Gasteiger partial charge in [0.2, 0.25) is 0 Å². The van der Waals surface area contributed by atoms with E-state index in [-0.39, 0.29) is 5.82 Å². The molecular formula is C17H20FN3S. The molecule has 0 amide bonds. The molecule has 5 heteroatoms. The van der Waals surface area contributed by atoms with Crippen molar-refractivity contribution in [2.75, 3.05) is 13.3 Å². The fraction of sp³-hybridized carbons (Fsp3) is 0.235. The van der Waals surface area contributed by atoms with Crippen LogP contribution in [0.15, 0.2) is 58.4 Å². The predicted octanol–water partition coefficient (Wildman–Crippen LogP) is 3.41. The summed E-state index contributed by atoms with van der Waals surface area (Å²) in [5, 5.41) is 6.47. The van der Waals surface area contributed by atoms with Crippen molar-refractivity contribution in [3.05, 3.63) is 65.5 Å². The monoisotopic (exact) mass is 317 g/mol. The highest BCUT2D eigenvalue weighted by molar-refractivity contribution is 7.98. The molecule has 0 aliphatic heterocycles. The van der Waals surface area contributed by atoms with Crippen molar-refractivity contribution in [1.29, 1.82) is 0 Å². The molecule has 0 heterocycles. The van der Waals surface area contributed by atoms with Gasteiger partial charge in [0.25, 0.3) is 0 Å². The maximum atomic E-state index is 12.9. The lowest BCUT2D eigenvalue weighted by atomic mass is 10.2. The van der Waals surface area contributed by atoms with Gasteiger partial charge in [-0.15, -0.1) is 11.8 Å². The molecule has 0 fully saturated rings. The number of aliphatic imine (C=N–C) groups is 1. The number of benzene rings is 2. The zero-order valence-corrected chi connectivity index (χ0v) is 13.6. The smallest absolute Gasteiger partial charge is 0.191 e. The molecule has 0 aliphatic rings. The van der Waals surface area contributed by atoms with Crippen LogP contribution in [0.5, 0.6) is 0 Å². The number of thioether (sulfide) groups is 1. The Balaban J connectivity index is 1.82. The summed E-state index contributed by atoms with van der Waals surface area (Å²) in [7, 11) is 1.73. The van der Waals surface area contributed by atoms with Crippen molar-refractivity contribution in [1.82, 2.24) is 10.6 Å². The molecule has 0 saturated heterocycles. The van der Waals surface area contributed by atoms with Crippen LogP contribution in [0.3, 0.4) is 0 Å². The summed E-state index contributed by atoms with van der Waals surface area (Å²) in [6, 6.07) is 14.9. The minimum absolute atomic E-state index is 0.222. The van der Waals surface area contributed by atoms with Crippen LogP contribution in [-0.2, 0) is 13.1 Å². The Morgan fingerprint density at radius 2 is 1.45 bits per heavy atom. The quantitative estimate of drug-likeness (QED) is 0.504. The third-order valence-electron chi connectivity index (χ3n) is 3.22. The average molecular weight is 317 g/mol. The Kier molecular flexibility index (Phi) is 6.27. The molecule has 2 aromatic rings. The standard InChI is InChI=1S/C17H20FN3S/c1-19-17(20-11-13-3-7-15(18)8-4-13)21-12-14-5-9-16(22-2)10-6-14/h3-10H,11-12H2,1-2H3,(H2,19,20,21). The van der Waals surface area contributed by atoms with E-state index in [1.807, 2.05) is 0 Å². The fourth-order valence-corrected chi connectivity index (χ4v) is 2.35. The molecule has 3 nitrogen and oxygen atoms in total. The molecule has 0 saturated carbocycles. The van der Waals surface area contributed by atoms with E-state index >= 15 is 0 Å². The second kappa shape index (κ2) is 8.44. The maximum absolute atomic E-state index is 12.9. The van der Waals surface area contributed by atoms with Crippen LogP contribution in [0.25, 0.3) is 0 Å². The van der Waals surface area contributed by atoms with E-state index in [2.05, 4.69) is 46.1 Å². The Labute approximate surface area is 135 Å². The van der Waals surface area contributed by atoms with Gasteiger partial charge in [0.05, 0.1) is 0 Å². The van der Waals surface area contributed by atoms with Gasteiger partial charge in [0.15, 0.2) is 5.96 Å². The molecular weight excluding hydrogens is 297 g/mol. The summed E-state index contributed by atoms with van der Waals surface area (Å²) in [5.41, 5.74) is 2.20. The van der Waals surface area contributed by atoms with Gasteiger partial charge in [-0.05, 0) is 41.6 Å². The third kappa shape index (κ3) is 5.07. The highest BCUT2D eigenvalue weighted by Gasteiger charge is 2.00. The maximum Gasteiger partial charge on any atom is 0.191 e. The second-order valence-corrected chi connectivity index (χ2v) is 5.63. The van der Waals surface area contributed by atoms with Crippen LogP contribution in [0, 0.1) is 5.82 Å². The molecule has 0 unspecified atom stereocenters. The molecule has 0 aliphatic carbocycles. The second-order valence-electron chi connectivity index (χ2n) is 4.75. The summed E-state index contributed by atoms with van der Waals surface area (Å²) in [6.07, 6.45) is 2.06. The van der Waals surface area contributed by atoms with Gasteiger partial charge in [-0.1, -0.05) is 24.3 Å². The first-order valence-electron chi connectivity index (χ1n) is 7.03. The molecule has 0 bridgehead atoms. The number of hydrogen-bond donors (Lipinski definition) is 2. The number of hydrogen-bond acceptors (Lipinski definition) is 2. The molecule has 0 atom stereocenters. The summed E-state index contributed by atoms with van der Waals surface area (Å²) in [5.74, 6) is 0.498. The Morgan fingerprint density at radius 1 is 0.955 bits per heavy atom. The summed E-state index contributed by atoms with van der Waals surface area (Å²) in [6.45, 7) is 1.31. The summed E-state index contributed by atoms with van der Waals surface area (Å²) < 4.78 is 12.9. The van der Waals surface area contributed by atoms with Gasteiger partial charge < -0.3 is 10.6 Å². The lowest BCUT2D eigenvalue weighted by Gasteiger charge is -2.12. The van der Waals surface area contributed by atoms with E-state index in [9.17, 15) is 4.39 Å². The average Bonchev–Trinajstić information content (AvgIpc) is 2.57. The third-order valence-corrected chi connectivity index (χ3v) is 3.96. The van der Waals surface area contributed by atoms with E-state index in [0.717, 1.165) is 11.5 Å². The molecule has 2 N–H and O–H groups in total. The highest BCUT2D eigenvalue weighted by atomic mass is 32.2. The van der Waals surface area contributed by atoms with Crippen molar-refractivity contribution in [2.24, 2.45) is 4.99 Å². The SMILES string of the molecule is CN=C(NCc1ccc(F)cc1)NCc1ccc(SC)cc1. The van der Waals surface area contributed by atoms with Crippen LogP contribution in [0.1, 0.15) is 11.1 Å². The van der Waals surface area contributed by atoms with Gasteiger partial charge in [-0.2, -0.15) is 0 Å². The molecule has 0 aromatic heterocycles. The van der Waals surface area contributed by atoms with Gasteiger partial charge in [-0.3, -0.25) is 4.99 Å². The number of rotatable bonds is 5. The van der Waals surface area contributed by atoms with Crippen molar-refractivity contribution >= 4 is 17.7 Å². The van der Waals surface area contributed by atoms with Crippen LogP contribution >= 0.6 is 11.8 Å². The minimum Gasteiger partial charge on any atom is -0.352 e. The topological polar surface area (TPSA) is 36.4 Å². The lowest BCUT2D eigenvalue weighted by molar-refractivity contribution is 0.626. The Hall–Kier alpha value is -2.01.